The van der Waals surface area contributed by atoms with E-state index in [0.29, 0.717) is 30.1 Å². The zero-order valence-electron chi connectivity index (χ0n) is 16.8. The summed E-state index contributed by atoms with van der Waals surface area (Å²) < 4.78 is 21.4. The number of aliphatic hydroxyl groups is 2. The van der Waals surface area contributed by atoms with Gasteiger partial charge in [-0.1, -0.05) is 0 Å². The second-order valence-corrected chi connectivity index (χ2v) is 7.15. The molecule has 1 saturated carbocycles. The Labute approximate surface area is 169 Å². The van der Waals surface area contributed by atoms with Gasteiger partial charge < -0.3 is 24.8 Å². The minimum atomic E-state index is -1.10. The van der Waals surface area contributed by atoms with Gasteiger partial charge in [-0.2, -0.15) is 0 Å². The van der Waals surface area contributed by atoms with E-state index in [9.17, 15) is 14.6 Å². The van der Waals surface area contributed by atoms with Gasteiger partial charge in [-0.3, -0.25) is 4.99 Å². The van der Waals surface area contributed by atoms with Crippen LogP contribution in [0.2, 0.25) is 0 Å². The van der Waals surface area contributed by atoms with Gasteiger partial charge in [-0.25, -0.2) is 9.38 Å². The van der Waals surface area contributed by atoms with Crippen molar-refractivity contribution >= 4 is 18.2 Å². The van der Waals surface area contributed by atoms with Crippen molar-refractivity contribution in [3.8, 4) is 5.75 Å². The number of aromatic nitrogens is 1. The predicted octanol–water partition coefficient (Wildman–Crippen LogP) is 2.23. The normalized spacial score (nSPS) is 24.7. The molecule has 0 unspecified atom stereocenters. The Morgan fingerprint density at radius 1 is 1.34 bits per heavy atom. The maximum Gasteiger partial charge on any atom is 0.141 e. The average Bonchev–Trinajstić information content (AvgIpc) is 3.25. The van der Waals surface area contributed by atoms with E-state index in [-0.39, 0.29) is 5.82 Å². The highest BCUT2D eigenvalue weighted by Gasteiger charge is 2.44. The summed E-state index contributed by atoms with van der Waals surface area (Å²) in [4.78, 5) is 8.30. The number of benzene rings is 1. The largest absolute Gasteiger partial charge is 0.487 e. The van der Waals surface area contributed by atoms with Crippen LogP contribution >= 0.6 is 0 Å². The van der Waals surface area contributed by atoms with Gasteiger partial charge in [0.05, 0.1) is 6.04 Å². The SMILES string of the molecule is C=Nc1c(C(C)=NC)ccn1[C@@H]1C[C@H](Oc2ccc(F)cc2CNC)[C@@H](O)[C@H]1O. The van der Waals surface area contributed by atoms with Crippen LogP contribution in [0.1, 0.15) is 30.5 Å². The van der Waals surface area contributed by atoms with Crippen LogP contribution in [-0.4, -0.2) is 59.6 Å². The predicted molar refractivity (Wildman–Crippen MR) is 111 cm³/mol. The van der Waals surface area contributed by atoms with Crippen LogP contribution in [0.25, 0.3) is 0 Å². The van der Waals surface area contributed by atoms with Crippen LogP contribution < -0.4 is 10.1 Å². The van der Waals surface area contributed by atoms with E-state index in [0.717, 1.165) is 11.3 Å². The molecule has 2 aromatic rings. The van der Waals surface area contributed by atoms with Crippen molar-refractivity contribution in [2.45, 2.75) is 44.2 Å². The van der Waals surface area contributed by atoms with E-state index in [1.165, 1.54) is 12.1 Å². The van der Waals surface area contributed by atoms with Crippen molar-refractivity contribution in [2.75, 3.05) is 14.1 Å². The highest BCUT2D eigenvalue weighted by Crippen LogP contribution is 2.38. The Morgan fingerprint density at radius 3 is 2.76 bits per heavy atom. The van der Waals surface area contributed by atoms with Crippen LogP contribution in [0, 0.1) is 5.82 Å². The van der Waals surface area contributed by atoms with E-state index >= 15 is 0 Å². The second kappa shape index (κ2) is 8.86. The Balaban J connectivity index is 1.87. The van der Waals surface area contributed by atoms with E-state index in [1.54, 1.807) is 30.9 Å². The summed E-state index contributed by atoms with van der Waals surface area (Å²) >= 11 is 0. The molecule has 1 aliphatic rings. The molecular weight excluding hydrogens is 375 g/mol. The molecule has 1 fully saturated rings. The van der Waals surface area contributed by atoms with Gasteiger partial charge in [-0.05, 0) is 45.0 Å². The smallest absolute Gasteiger partial charge is 0.141 e. The number of nitrogens with one attached hydrogen (secondary N) is 1. The lowest BCUT2D eigenvalue weighted by Crippen LogP contribution is -2.34. The number of halogens is 1. The first-order valence-electron chi connectivity index (χ1n) is 9.48. The molecular formula is C21H27FN4O3. The third-order valence-electron chi connectivity index (χ3n) is 5.39. The lowest BCUT2D eigenvalue weighted by atomic mass is 10.2. The zero-order valence-corrected chi connectivity index (χ0v) is 16.8. The molecule has 0 radical (unpaired) electrons. The molecule has 0 saturated heterocycles. The molecule has 0 amide bonds. The van der Waals surface area contributed by atoms with Gasteiger partial charge in [0, 0.05) is 43.0 Å². The molecule has 7 nitrogen and oxygen atoms in total. The minimum absolute atomic E-state index is 0.359. The highest BCUT2D eigenvalue weighted by molar-refractivity contribution is 6.02. The molecule has 3 N–H and O–H groups in total. The van der Waals surface area contributed by atoms with Gasteiger partial charge in [0.25, 0.3) is 0 Å². The van der Waals surface area contributed by atoms with E-state index in [4.69, 9.17) is 4.74 Å². The van der Waals surface area contributed by atoms with Crippen LogP contribution in [0.4, 0.5) is 10.2 Å². The molecule has 4 atom stereocenters. The Morgan fingerprint density at radius 2 is 2.10 bits per heavy atom. The van der Waals surface area contributed by atoms with Crippen LogP contribution in [0.5, 0.6) is 5.75 Å². The lowest BCUT2D eigenvalue weighted by Gasteiger charge is -2.20. The van der Waals surface area contributed by atoms with Crippen molar-refractivity contribution in [1.82, 2.24) is 9.88 Å². The first kappa shape index (κ1) is 21.2. The zero-order chi connectivity index (χ0) is 21.1. The Hall–Kier alpha value is -2.55. The summed E-state index contributed by atoms with van der Waals surface area (Å²) in [6, 6.07) is 5.67. The van der Waals surface area contributed by atoms with E-state index < -0.39 is 24.4 Å². The Kier molecular flexibility index (Phi) is 6.46. The second-order valence-electron chi connectivity index (χ2n) is 7.15. The third-order valence-corrected chi connectivity index (χ3v) is 5.39. The number of aliphatic hydroxyl groups excluding tert-OH is 2. The van der Waals surface area contributed by atoms with Crippen LogP contribution in [0.15, 0.2) is 40.4 Å². The fourth-order valence-electron chi connectivity index (χ4n) is 3.79. The van der Waals surface area contributed by atoms with E-state index in [1.807, 2.05) is 13.0 Å². The van der Waals surface area contributed by atoms with Gasteiger partial charge in [0.1, 0.15) is 35.7 Å². The number of aliphatic imine (C=N–C) groups is 2. The molecule has 1 aliphatic carbocycles. The standard InChI is InChI=1S/C21H27FN4O3/c1-12(24-3)15-7-8-26(21(15)25-4)16-10-18(20(28)19(16)27)29-17-6-5-14(22)9-13(17)11-23-2/h5-9,16,18-20,23,27-28H,4,10-11H2,1-3H3/t16-,18+,19+,20-/m1/s1. The highest BCUT2D eigenvalue weighted by atomic mass is 19.1. The summed E-state index contributed by atoms with van der Waals surface area (Å²) in [5.74, 6) is 0.700. The fraction of sp³-hybridized carbons (Fsp3) is 0.429. The molecule has 1 heterocycles. The first-order valence-corrected chi connectivity index (χ1v) is 9.48. The average molecular weight is 402 g/mol. The maximum atomic E-state index is 13.6. The van der Waals surface area contributed by atoms with Crippen molar-refractivity contribution in [3.05, 3.63) is 47.4 Å². The minimum Gasteiger partial charge on any atom is -0.487 e. The quantitative estimate of drug-likeness (QED) is 0.620. The maximum absolute atomic E-state index is 13.6. The van der Waals surface area contributed by atoms with Gasteiger partial charge in [0.15, 0.2) is 0 Å². The van der Waals surface area contributed by atoms with E-state index in [2.05, 4.69) is 22.0 Å². The topological polar surface area (TPSA) is 91.4 Å². The van der Waals surface area contributed by atoms with Gasteiger partial charge in [-0.15, -0.1) is 0 Å². The number of nitrogens with zero attached hydrogens (tertiary/aromatic N) is 3. The molecule has 0 spiro atoms. The molecule has 8 heteroatoms. The summed E-state index contributed by atoms with van der Waals surface area (Å²) in [5, 5.41) is 24.3. The molecule has 0 bridgehead atoms. The molecule has 1 aromatic carbocycles. The number of hydrogen-bond acceptors (Lipinski definition) is 6. The van der Waals surface area contributed by atoms with Crippen molar-refractivity contribution in [3.63, 3.8) is 0 Å². The molecule has 3 rings (SSSR count). The van der Waals surface area contributed by atoms with Crippen molar-refractivity contribution in [2.24, 2.45) is 9.98 Å². The number of hydrogen-bond donors (Lipinski definition) is 3. The first-order chi connectivity index (χ1) is 13.9. The monoisotopic (exact) mass is 402 g/mol. The third kappa shape index (κ3) is 4.10. The molecule has 156 valence electrons. The van der Waals surface area contributed by atoms with Crippen molar-refractivity contribution in [1.29, 1.82) is 0 Å². The van der Waals surface area contributed by atoms with Crippen LogP contribution in [0.3, 0.4) is 0 Å². The summed E-state index contributed by atoms with van der Waals surface area (Å²) in [7, 11) is 3.46. The van der Waals surface area contributed by atoms with Gasteiger partial charge >= 0.3 is 0 Å². The molecule has 1 aromatic heterocycles. The Bertz CT molecular complexity index is 911. The molecule has 29 heavy (non-hydrogen) atoms. The van der Waals surface area contributed by atoms with Gasteiger partial charge in [0.2, 0.25) is 0 Å². The van der Waals surface area contributed by atoms with Crippen LogP contribution in [-0.2, 0) is 6.54 Å². The van der Waals surface area contributed by atoms with Crippen molar-refractivity contribution < 1.29 is 19.3 Å². The summed E-state index contributed by atoms with van der Waals surface area (Å²) in [6.07, 6.45) is -0.635. The number of rotatable bonds is 7. The number of ether oxygens (including phenoxy) is 1. The summed E-state index contributed by atoms with van der Waals surface area (Å²) in [5.41, 5.74) is 2.27. The fourth-order valence-corrected chi connectivity index (χ4v) is 3.79. The molecule has 0 aliphatic heterocycles. The lowest BCUT2D eigenvalue weighted by molar-refractivity contribution is -0.0167. The summed E-state index contributed by atoms with van der Waals surface area (Å²) in [6.45, 7) is 5.93.